The Balaban J connectivity index is 1.26. The van der Waals surface area contributed by atoms with Gasteiger partial charge in [0.05, 0.1) is 0 Å². The van der Waals surface area contributed by atoms with Gasteiger partial charge >= 0.3 is 0 Å². The largest absolute Gasteiger partial charge is 0.300 e. The van der Waals surface area contributed by atoms with Crippen molar-refractivity contribution in [2.45, 2.75) is 62.9 Å². The molecule has 6 fully saturated rings. The molecule has 5 atom stereocenters. The molecule has 2 bridgehead atoms. The predicted octanol–water partition coefficient (Wildman–Crippen LogP) is 2.50. The average Bonchev–Trinajstić information content (AvgIpc) is 2.96. The molecule has 6 rings (SSSR count). The van der Waals surface area contributed by atoms with Crippen molar-refractivity contribution >= 4 is 5.78 Å². The summed E-state index contributed by atoms with van der Waals surface area (Å²) in [7, 11) is 0. The Labute approximate surface area is 123 Å². The molecule has 6 aliphatic rings. The van der Waals surface area contributed by atoms with Crippen LogP contribution in [-0.4, -0.2) is 17.4 Å². The van der Waals surface area contributed by atoms with Gasteiger partial charge in [-0.3, -0.25) is 4.79 Å². The molecule has 1 heterocycles. The number of carbonyl (C=O) groups excluding carboxylic acids is 1. The van der Waals surface area contributed by atoms with Gasteiger partial charge in [0.15, 0.2) is 0 Å². The number of hydrogen-bond donors (Lipinski definition) is 0. The van der Waals surface area contributed by atoms with Crippen LogP contribution in [0.5, 0.6) is 0 Å². The summed E-state index contributed by atoms with van der Waals surface area (Å²) >= 11 is 0. The van der Waals surface area contributed by atoms with E-state index in [4.69, 9.17) is 19.6 Å². The zero-order valence-electron chi connectivity index (χ0n) is 12.0. The molecule has 5 unspecified atom stereocenters. The lowest BCUT2D eigenvalue weighted by atomic mass is 9.37. The first-order valence-corrected chi connectivity index (χ1v) is 8.42. The Morgan fingerprint density at radius 3 is 2.19 bits per heavy atom. The molecule has 0 radical (unpaired) electrons. The lowest BCUT2D eigenvalue weighted by Crippen LogP contribution is -2.69. The van der Waals surface area contributed by atoms with E-state index in [0.717, 1.165) is 11.8 Å². The summed E-state index contributed by atoms with van der Waals surface area (Å²) in [4.78, 5) is 34.7. The number of fused-ring (bicyclic) bond motifs is 3. The maximum atomic E-state index is 11.4. The first-order valence-electron chi connectivity index (χ1n) is 8.42. The molecular formula is C16H20O5. The fourth-order valence-corrected chi connectivity index (χ4v) is 6.60. The highest BCUT2D eigenvalue weighted by Crippen LogP contribution is 2.84. The van der Waals surface area contributed by atoms with Gasteiger partial charge in [0.1, 0.15) is 5.78 Å². The highest BCUT2D eigenvalue weighted by molar-refractivity contribution is 5.79. The average molecular weight is 292 g/mol. The van der Waals surface area contributed by atoms with Crippen LogP contribution in [0.1, 0.15) is 51.4 Å². The second kappa shape index (κ2) is 3.37. The molecule has 5 heteroatoms. The molecule has 0 aromatic heterocycles. The van der Waals surface area contributed by atoms with Crippen molar-refractivity contribution in [2.75, 3.05) is 0 Å². The van der Waals surface area contributed by atoms with E-state index in [-0.39, 0.29) is 5.78 Å². The first-order chi connectivity index (χ1) is 10.2. The Morgan fingerprint density at radius 2 is 1.52 bits per heavy atom. The second-order valence-electron chi connectivity index (χ2n) is 8.17. The molecule has 0 N–H and O–H groups in total. The molecule has 114 valence electrons. The third-order valence-corrected chi connectivity index (χ3v) is 7.70. The Morgan fingerprint density at radius 1 is 0.857 bits per heavy atom. The zero-order valence-corrected chi connectivity index (χ0v) is 12.0. The van der Waals surface area contributed by atoms with Crippen molar-refractivity contribution in [3.8, 4) is 0 Å². The molecule has 0 amide bonds. The van der Waals surface area contributed by atoms with Gasteiger partial charge in [-0.1, -0.05) is 0 Å². The summed E-state index contributed by atoms with van der Waals surface area (Å²) in [5.74, 6) is 1.43. The quantitative estimate of drug-likeness (QED) is 0.642. The van der Waals surface area contributed by atoms with Gasteiger partial charge in [-0.25, -0.2) is 0 Å². The smallest absolute Gasteiger partial charge is 0.240 e. The van der Waals surface area contributed by atoms with E-state index in [1.54, 1.807) is 0 Å². The highest BCUT2D eigenvalue weighted by Gasteiger charge is 2.84. The summed E-state index contributed by atoms with van der Waals surface area (Å²) in [5.41, 5.74) is 0.490. The molecule has 3 spiro atoms. The van der Waals surface area contributed by atoms with Crippen LogP contribution in [0.2, 0.25) is 0 Å². The fourth-order valence-electron chi connectivity index (χ4n) is 6.60. The van der Waals surface area contributed by atoms with Crippen molar-refractivity contribution in [1.82, 2.24) is 0 Å². The maximum Gasteiger partial charge on any atom is 0.240 e. The van der Waals surface area contributed by atoms with Crippen LogP contribution in [-0.2, 0) is 24.3 Å². The van der Waals surface area contributed by atoms with Gasteiger partial charge in [0.2, 0.25) is 11.6 Å². The van der Waals surface area contributed by atoms with Gasteiger partial charge < -0.3 is 0 Å². The van der Waals surface area contributed by atoms with E-state index < -0.39 is 11.6 Å². The van der Waals surface area contributed by atoms with E-state index in [1.165, 1.54) is 25.7 Å². The van der Waals surface area contributed by atoms with Crippen LogP contribution >= 0.6 is 0 Å². The van der Waals surface area contributed by atoms with Crippen LogP contribution in [0, 0.1) is 29.1 Å². The molecule has 1 saturated heterocycles. The van der Waals surface area contributed by atoms with E-state index in [1.807, 2.05) is 0 Å². The lowest BCUT2D eigenvalue weighted by molar-refractivity contribution is -0.677. The minimum atomic E-state index is -0.846. The summed E-state index contributed by atoms with van der Waals surface area (Å²) in [6.45, 7) is 0. The highest BCUT2D eigenvalue weighted by atomic mass is 17.4. The molecule has 5 nitrogen and oxygen atoms in total. The van der Waals surface area contributed by atoms with E-state index in [9.17, 15) is 4.79 Å². The topological polar surface area (TPSA) is 54.0 Å². The van der Waals surface area contributed by atoms with E-state index in [2.05, 4.69) is 0 Å². The monoisotopic (exact) mass is 292 g/mol. The summed E-state index contributed by atoms with van der Waals surface area (Å²) in [6.07, 6.45) is 7.08. The third kappa shape index (κ3) is 1.14. The number of hydrogen-bond acceptors (Lipinski definition) is 5. The van der Waals surface area contributed by atoms with Gasteiger partial charge in [-0.15, -0.1) is 0 Å². The second-order valence-corrected chi connectivity index (χ2v) is 8.17. The normalized spacial score (nSPS) is 54.4. The molecule has 0 aromatic rings. The number of carbonyl (C=O) groups is 1. The Hall–Kier alpha value is -0.490. The third-order valence-electron chi connectivity index (χ3n) is 7.70. The van der Waals surface area contributed by atoms with Crippen molar-refractivity contribution in [1.29, 1.82) is 0 Å². The maximum absolute atomic E-state index is 11.4. The molecular weight excluding hydrogens is 272 g/mol. The molecule has 1 aliphatic heterocycles. The summed E-state index contributed by atoms with van der Waals surface area (Å²) in [6, 6.07) is 0. The van der Waals surface area contributed by atoms with Gasteiger partial charge in [-0.2, -0.15) is 19.6 Å². The Kier molecular flexibility index (Phi) is 1.93. The van der Waals surface area contributed by atoms with Crippen molar-refractivity contribution < 1.29 is 24.3 Å². The number of rotatable bonds is 0. The van der Waals surface area contributed by atoms with Crippen molar-refractivity contribution in [2.24, 2.45) is 29.1 Å². The lowest BCUT2D eigenvalue weighted by Gasteiger charge is -2.69. The van der Waals surface area contributed by atoms with Crippen LogP contribution in [0.3, 0.4) is 0 Å². The van der Waals surface area contributed by atoms with Crippen LogP contribution in [0.15, 0.2) is 0 Å². The summed E-state index contributed by atoms with van der Waals surface area (Å²) < 4.78 is 0. The number of Topliss-reactive ketones (excluding diaryl/α,β-unsaturated/α-hetero) is 1. The van der Waals surface area contributed by atoms with Gasteiger partial charge in [0.25, 0.3) is 0 Å². The molecule has 5 aliphatic carbocycles. The molecule has 21 heavy (non-hydrogen) atoms. The van der Waals surface area contributed by atoms with Crippen LogP contribution in [0.25, 0.3) is 0 Å². The minimum absolute atomic E-state index is 0.270. The van der Waals surface area contributed by atoms with Gasteiger partial charge in [0, 0.05) is 37.5 Å². The molecule has 5 saturated carbocycles. The zero-order chi connectivity index (χ0) is 13.9. The first kappa shape index (κ1) is 12.0. The van der Waals surface area contributed by atoms with Gasteiger partial charge in [-0.05, 0) is 42.9 Å². The predicted molar refractivity (Wildman–Crippen MR) is 68.1 cm³/mol. The van der Waals surface area contributed by atoms with Crippen molar-refractivity contribution in [3.63, 3.8) is 0 Å². The van der Waals surface area contributed by atoms with Crippen LogP contribution < -0.4 is 0 Å². The number of ketones is 1. The fraction of sp³-hybridized carbons (Fsp3) is 0.938. The Bertz CT molecular complexity index is 525. The van der Waals surface area contributed by atoms with E-state index >= 15 is 0 Å². The minimum Gasteiger partial charge on any atom is -0.300 e. The summed E-state index contributed by atoms with van der Waals surface area (Å²) in [5, 5.41) is 0. The van der Waals surface area contributed by atoms with Crippen molar-refractivity contribution in [3.05, 3.63) is 0 Å². The SMILES string of the molecule is O=C1CCC2(CC1)OOC1(OO2)C2CC3CC4CC1C34C2. The molecule has 0 aromatic carbocycles. The standard InChI is InChI=1S/C16H20O5/c17-12-1-3-14(4-2-12)18-20-16(21-19-14)11-6-9-5-10-7-13(16)15(9,10)8-11/h9-11,13H,1-8H2. The van der Waals surface area contributed by atoms with E-state index in [0.29, 0.717) is 42.9 Å². The van der Waals surface area contributed by atoms with Crippen LogP contribution in [0.4, 0.5) is 0 Å².